The Morgan fingerprint density at radius 1 is 1.14 bits per heavy atom. The molecule has 6 heteroatoms. The van der Waals surface area contributed by atoms with E-state index in [2.05, 4.69) is 15.9 Å². The summed E-state index contributed by atoms with van der Waals surface area (Å²) in [5.41, 5.74) is 0.623. The molecule has 2 aromatic carbocycles. The van der Waals surface area contributed by atoms with Gasteiger partial charge in [0.2, 0.25) is 0 Å². The summed E-state index contributed by atoms with van der Waals surface area (Å²) < 4.78 is 6.54. The van der Waals surface area contributed by atoms with Gasteiger partial charge in [-0.3, -0.25) is 0 Å². The van der Waals surface area contributed by atoms with Crippen LogP contribution in [0.5, 0.6) is 11.5 Å². The van der Waals surface area contributed by atoms with Crippen LogP contribution in [-0.4, -0.2) is 11.1 Å². The molecule has 2 rings (SSSR count). The zero-order valence-electron chi connectivity index (χ0n) is 10.5. The third-order valence-corrected chi connectivity index (χ3v) is 3.73. The highest BCUT2D eigenvalue weighted by Crippen LogP contribution is 2.32. The lowest BCUT2D eigenvalue weighted by Crippen LogP contribution is -1.90. The van der Waals surface area contributed by atoms with Gasteiger partial charge < -0.3 is 9.84 Å². The van der Waals surface area contributed by atoms with E-state index in [9.17, 15) is 4.79 Å². The molecule has 0 unspecified atom stereocenters. The Morgan fingerprint density at radius 3 is 2.57 bits per heavy atom. The van der Waals surface area contributed by atoms with Crippen molar-refractivity contribution in [3.63, 3.8) is 0 Å². The van der Waals surface area contributed by atoms with E-state index in [1.165, 1.54) is 6.08 Å². The lowest BCUT2D eigenvalue weighted by Gasteiger charge is -2.10. The molecule has 0 aliphatic carbocycles. The maximum Gasteiger partial charge on any atom is 0.328 e. The van der Waals surface area contributed by atoms with Crippen LogP contribution in [0.4, 0.5) is 0 Å². The first kappa shape index (κ1) is 15.9. The van der Waals surface area contributed by atoms with Crippen LogP contribution in [0.15, 0.2) is 46.9 Å². The summed E-state index contributed by atoms with van der Waals surface area (Å²) in [6.45, 7) is 0. The van der Waals surface area contributed by atoms with E-state index >= 15 is 0 Å². The van der Waals surface area contributed by atoms with Crippen LogP contribution >= 0.6 is 39.1 Å². The van der Waals surface area contributed by atoms with Crippen molar-refractivity contribution < 1.29 is 14.6 Å². The summed E-state index contributed by atoms with van der Waals surface area (Å²) in [6.07, 6.45) is 2.50. The van der Waals surface area contributed by atoms with Crippen LogP contribution in [0.25, 0.3) is 6.08 Å². The molecule has 108 valence electrons. The first-order chi connectivity index (χ1) is 9.95. The summed E-state index contributed by atoms with van der Waals surface area (Å²) in [4.78, 5) is 10.6. The molecule has 0 heterocycles. The van der Waals surface area contributed by atoms with Gasteiger partial charge >= 0.3 is 5.97 Å². The van der Waals surface area contributed by atoms with Crippen LogP contribution in [0.2, 0.25) is 10.0 Å². The second kappa shape index (κ2) is 6.98. The van der Waals surface area contributed by atoms with Gasteiger partial charge in [-0.25, -0.2) is 4.79 Å². The standard InChI is InChI=1S/C15H9BrCl2O3/c16-10-2-5-14(9(7-10)1-6-15(19)20)21-11-3-4-12(17)13(18)8-11/h1-8H,(H,19,20)/b6-1+. The summed E-state index contributed by atoms with van der Waals surface area (Å²) in [7, 11) is 0. The van der Waals surface area contributed by atoms with Gasteiger partial charge in [0.1, 0.15) is 11.5 Å². The van der Waals surface area contributed by atoms with E-state index in [1.807, 2.05) is 0 Å². The highest BCUT2D eigenvalue weighted by Gasteiger charge is 2.06. The lowest BCUT2D eigenvalue weighted by molar-refractivity contribution is -0.131. The number of halogens is 3. The zero-order chi connectivity index (χ0) is 15.4. The Labute approximate surface area is 139 Å². The molecular formula is C15H9BrCl2O3. The minimum atomic E-state index is -1.03. The first-order valence-corrected chi connectivity index (χ1v) is 7.34. The lowest BCUT2D eigenvalue weighted by atomic mass is 10.2. The van der Waals surface area contributed by atoms with Crippen molar-refractivity contribution in [3.05, 3.63) is 62.6 Å². The molecule has 0 radical (unpaired) electrons. The molecule has 0 bridgehead atoms. The van der Waals surface area contributed by atoms with Crippen molar-refractivity contribution >= 4 is 51.2 Å². The summed E-state index contributed by atoms with van der Waals surface area (Å²) >= 11 is 15.1. The van der Waals surface area contributed by atoms with Crippen LogP contribution in [0.3, 0.4) is 0 Å². The van der Waals surface area contributed by atoms with Gasteiger partial charge in [0.25, 0.3) is 0 Å². The number of carbonyl (C=O) groups is 1. The highest BCUT2D eigenvalue weighted by atomic mass is 79.9. The normalized spacial score (nSPS) is 10.8. The van der Waals surface area contributed by atoms with Gasteiger partial charge in [-0.1, -0.05) is 39.1 Å². The molecule has 2 aromatic rings. The minimum Gasteiger partial charge on any atom is -0.478 e. The topological polar surface area (TPSA) is 46.5 Å². The maximum absolute atomic E-state index is 10.6. The molecule has 21 heavy (non-hydrogen) atoms. The predicted octanol–water partition coefficient (Wildman–Crippen LogP) is 5.65. The fourth-order valence-corrected chi connectivity index (χ4v) is 2.24. The Hall–Kier alpha value is -1.49. The second-order valence-corrected chi connectivity index (χ2v) is 5.76. The highest BCUT2D eigenvalue weighted by molar-refractivity contribution is 9.10. The molecule has 3 nitrogen and oxygen atoms in total. The number of carboxylic acids is 1. The van der Waals surface area contributed by atoms with Crippen LogP contribution in [0.1, 0.15) is 5.56 Å². The van der Waals surface area contributed by atoms with Crippen molar-refractivity contribution in [2.45, 2.75) is 0 Å². The number of carboxylic acid groups (broad SMARTS) is 1. The van der Waals surface area contributed by atoms with Gasteiger partial charge in [0.05, 0.1) is 10.0 Å². The van der Waals surface area contributed by atoms with E-state index in [0.717, 1.165) is 10.5 Å². The Kier molecular flexibility index (Phi) is 5.28. The number of benzene rings is 2. The van der Waals surface area contributed by atoms with Gasteiger partial charge in [0, 0.05) is 22.2 Å². The van der Waals surface area contributed by atoms with Crippen LogP contribution < -0.4 is 4.74 Å². The average Bonchev–Trinajstić information content (AvgIpc) is 2.43. The second-order valence-electron chi connectivity index (χ2n) is 4.03. The SMILES string of the molecule is O=C(O)/C=C/c1cc(Br)ccc1Oc1ccc(Cl)c(Cl)c1. The maximum atomic E-state index is 10.6. The summed E-state index contributed by atoms with van der Waals surface area (Å²) in [5.74, 6) is -0.0127. The molecule has 0 atom stereocenters. The first-order valence-electron chi connectivity index (χ1n) is 5.79. The number of hydrogen-bond donors (Lipinski definition) is 1. The van der Waals surface area contributed by atoms with E-state index in [-0.39, 0.29) is 0 Å². The number of hydrogen-bond acceptors (Lipinski definition) is 2. The smallest absolute Gasteiger partial charge is 0.328 e. The zero-order valence-corrected chi connectivity index (χ0v) is 13.6. The minimum absolute atomic E-state index is 0.383. The number of aliphatic carboxylic acids is 1. The molecule has 0 spiro atoms. The van der Waals surface area contributed by atoms with E-state index < -0.39 is 5.97 Å². The molecule has 0 aromatic heterocycles. The van der Waals surface area contributed by atoms with Crippen molar-refractivity contribution in [2.75, 3.05) is 0 Å². The fourth-order valence-electron chi connectivity index (χ4n) is 1.57. The molecule has 0 saturated carbocycles. The van der Waals surface area contributed by atoms with Crippen LogP contribution in [-0.2, 0) is 4.79 Å². The van der Waals surface area contributed by atoms with Crippen LogP contribution in [0, 0.1) is 0 Å². The van der Waals surface area contributed by atoms with Gasteiger partial charge in [-0.15, -0.1) is 0 Å². The number of ether oxygens (including phenoxy) is 1. The van der Waals surface area contributed by atoms with Gasteiger partial charge in [0.15, 0.2) is 0 Å². The van der Waals surface area contributed by atoms with Gasteiger partial charge in [-0.2, -0.15) is 0 Å². The summed E-state index contributed by atoms with van der Waals surface area (Å²) in [5, 5.41) is 9.54. The number of rotatable bonds is 4. The van der Waals surface area contributed by atoms with Gasteiger partial charge in [-0.05, 0) is 36.4 Å². The molecule has 0 amide bonds. The van der Waals surface area contributed by atoms with E-state index in [4.69, 9.17) is 33.0 Å². The fraction of sp³-hybridized carbons (Fsp3) is 0. The average molecular weight is 388 g/mol. The molecule has 0 aliphatic rings. The van der Waals surface area contributed by atoms with Crippen molar-refractivity contribution in [3.8, 4) is 11.5 Å². The van der Waals surface area contributed by atoms with Crippen molar-refractivity contribution in [1.29, 1.82) is 0 Å². The Bertz CT molecular complexity index is 714. The molecule has 0 fully saturated rings. The quantitative estimate of drug-likeness (QED) is 0.690. The molecule has 0 aliphatic heterocycles. The molecule has 1 N–H and O–H groups in total. The molecular weight excluding hydrogens is 379 g/mol. The predicted molar refractivity (Wildman–Crippen MR) is 87.3 cm³/mol. The van der Waals surface area contributed by atoms with Crippen molar-refractivity contribution in [1.82, 2.24) is 0 Å². The third kappa shape index (κ3) is 4.49. The third-order valence-electron chi connectivity index (χ3n) is 2.50. The monoisotopic (exact) mass is 386 g/mol. The van der Waals surface area contributed by atoms with Crippen molar-refractivity contribution in [2.24, 2.45) is 0 Å². The van der Waals surface area contributed by atoms with E-state index in [0.29, 0.717) is 27.1 Å². The Balaban J connectivity index is 2.34. The molecule has 0 saturated heterocycles. The Morgan fingerprint density at radius 2 is 1.90 bits per heavy atom. The van der Waals surface area contributed by atoms with E-state index in [1.54, 1.807) is 36.4 Å². The summed E-state index contributed by atoms with van der Waals surface area (Å²) in [6, 6.07) is 10.2. The largest absolute Gasteiger partial charge is 0.478 e.